The van der Waals surface area contributed by atoms with Crippen LogP contribution in [-0.2, 0) is 4.74 Å². The summed E-state index contributed by atoms with van der Waals surface area (Å²) in [6.07, 6.45) is 9.83. The van der Waals surface area contributed by atoms with E-state index in [0.717, 1.165) is 53.1 Å². The Morgan fingerprint density at radius 2 is 2.04 bits per heavy atom. The van der Waals surface area contributed by atoms with Crippen molar-refractivity contribution < 1.29 is 4.74 Å². The van der Waals surface area contributed by atoms with Crippen molar-refractivity contribution in [3.63, 3.8) is 0 Å². The van der Waals surface area contributed by atoms with E-state index in [9.17, 15) is 0 Å². The van der Waals surface area contributed by atoms with Crippen LogP contribution in [-0.4, -0.2) is 64.5 Å². The second-order valence-electron chi connectivity index (χ2n) is 6.80. The van der Waals surface area contributed by atoms with Gasteiger partial charge in [0.2, 0.25) is 0 Å². The van der Waals surface area contributed by atoms with Crippen molar-refractivity contribution in [1.29, 1.82) is 0 Å². The fourth-order valence-corrected chi connectivity index (χ4v) is 5.40. The van der Waals surface area contributed by atoms with Crippen LogP contribution in [0.2, 0.25) is 0 Å². The summed E-state index contributed by atoms with van der Waals surface area (Å²) in [5, 5.41) is 3.65. The van der Waals surface area contributed by atoms with E-state index in [1.54, 1.807) is 29.4 Å². The van der Waals surface area contributed by atoms with Gasteiger partial charge in [0.15, 0.2) is 9.99 Å². The third-order valence-electron chi connectivity index (χ3n) is 5.38. The molecule has 0 saturated carbocycles. The fourth-order valence-electron chi connectivity index (χ4n) is 3.92. The molecule has 1 N–H and O–H groups in total. The lowest BCUT2D eigenvalue weighted by Crippen LogP contribution is -2.57. The van der Waals surface area contributed by atoms with Crippen LogP contribution < -0.4 is 5.32 Å². The van der Waals surface area contributed by atoms with Crippen molar-refractivity contribution in [3.05, 3.63) is 6.33 Å². The number of fused-ring (bicyclic) bond motifs is 1. The van der Waals surface area contributed by atoms with Gasteiger partial charge in [-0.05, 0) is 45.0 Å². The molecule has 0 spiro atoms. The zero-order valence-electron chi connectivity index (χ0n) is 14.7. The molecule has 2 aromatic heterocycles. The molecule has 2 aromatic rings. The molecule has 6 nitrogen and oxygen atoms in total. The molecule has 0 bridgehead atoms. The molecule has 8 heteroatoms. The summed E-state index contributed by atoms with van der Waals surface area (Å²) < 4.78 is 7.77. The highest BCUT2D eigenvalue weighted by molar-refractivity contribution is 8.00. The minimum absolute atomic E-state index is 0.183. The number of nitrogens with one attached hydrogen (secondary N) is 1. The smallest absolute Gasteiger partial charge is 0.176 e. The summed E-state index contributed by atoms with van der Waals surface area (Å²) in [5.41, 5.74) is 0.981. The molecule has 0 aromatic carbocycles. The Bertz CT molecular complexity index is 710. The lowest BCUT2D eigenvalue weighted by Gasteiger charge is -2.48. The second-order valence-corrected chi connectivity index (χ2v) is 8.85. The van der Waals surface area contributed by atoms with Crippen LogP contribution in [0.4, 0.5) is 5.82 Å². The second kappa shape index (κ2) is 7.73. The van der Waals surface area contributed by atoms with Gasteiger partial charge in [-0.2, -0.15) is 0 Å². The van der Waals surface area contributed by atoms with Crippen LogP contribution in [0.3, 0.4) is 0 Å². The number of thioether (sulfide) groups is 1. The van der Waals surface area contributed by atoms with Gasteiger partial charge in [0, 0.05) is 25.3 Å². The van der Waals surface area contributed by atoms with Crippen LogP contribution in [0.15, 0.2) is 10.7 Å². The molecule has 0 aliphatic carbocycles. The SMILES string of the molecule is CSc1nc2ncnc(NCC3(N4CCCCC4)CCOCC3)c2s1. The molecule has 4 heterocycles. The number of aromatic nitrogens is 3. The highest BCUT2D eigenvalue weighted by Crippen LogP contribution is 2.34. The monoisotopic (exact) mass is 379 g/mol. The molecule has 2 aliphatic rings. The minimum Gasteiger partial charge on any atom is -0.381 e. The molecule has 2 aliphatic heterocycles. The van der Waals surface area contributed by atoms with Gasteiger partial charge in [0.05, 0.1) is 0 Å². The first-order chi connectivity index (χ1) is 12.3. The van der Waals surface area contributed by atoms with Gasteiger partial charge in [0.25, 0.3) is 0 Å². The Kier molecular flexibility index (Phi) is 5.40. The molecule has 0 atom stereocenters. The number of piperidine rings is 1. The van der Waals surface area contributed by atoms with E-state index in [4.69, 9.17) is 4.74 Å². The Morgan fingerprint density at radius 1 is 1.24 bits per heavy atom. The van der Waals surface area contributed by atoms with Crippen molar-refractivity contribution in [2.24, 2.45) is 0 Å². The number of hydrogen-bond donors (Lipinski definition) is 1. The molecule has 2 saturated heterocycles. The topological polar surface area (TPSA) is 63.2 Å². The number of ether oxygens (including phenoxy) is 1. The van der Waals surface area contributed by atoms with E-state index in [0.29, 0.717) is 0 Å². The van der Waals surface area contributed by atoms with Gasteiger partial charge in [0.1, 0.15) is 16.8 Å². The van der Waals surface area contributed by atoms with E-state index < -0.39 is 0 Å². The largest absolute Gasteiger partial charge is 0.381 e. The molecule has 0 radical (unpaired) electrons. The highest BCUT2D eigenvalue weighted by atomic mass is 32.2. The molecule has 25 heavy (non-hydrogen) atoms. The molecular formula is C17H25N5OS2. The van der Waals surface area contributed by atoms with Crippen molar-refractivity contribution >= 4 is 39.3 Å². The number of thiazole rings is 1. The number of likely N-dealkylation sites (tertiary alicyclic amines) is 1. The first-order valence-electron chi connectivity index (χ1n) is 9.03. The normalized spacial score (nSPS) is 21.5. The quantitative estimate of drug-likeness (QED) is 0.800. The van der Waals surface area contributed by atoms with Gasteiger partial charge in [-0.1, -0.05) is 18.2 Å². The standard InChI is InChI=1S/C17H25N5OS2/c1-24-16-21-15-13(25-16)14(19-12-20-15)18-11-17(5-9-23-10-6-17)22-7-3-2-4-8-22/h12H,2-11H2,1H3,(H,18,19,20). The lowest BCUT2D eigenvalue weighted by molar-refractivity contribution is -0.0293. The van der Waals surface area contributed by atoms with Crippen LogP contribution in [0.5, 0.6) is 0 Å². The molecule has 0 unspecified atom stereocenters. The van der Waals surface area contributed by atoms with Gasteiger partial charge in [-0.3, -0.25) is 4.90 Å². The summed E-state index contributed by atoms with van der Waals surface area (Å²) >= 11 is 3.33. The maximum Gasteiger partial charge on any atom is 0.176 e. The predicted molar refractivity (Wildman–Crippen MR) is 104 cm³/mol. The number of anilines is 1. The molecule has 0 amide bonds. The van der Waals surface area contributed by atoms with E-state index in [2.05, 4.69) is 25.2 Å². The Labute approximate surface area is 156 Å². The fraction of sp³-hybridized carbons (Fsp3) is 0.706. The zero-order valence-corrected chi connectivity index (χ0v) is 16.3. The van der Waals surface area contributed by atoms with Crippen molar-refractivity contribution in [3.8, 4) is 0 Å². The molecule has 136 valence electrons. The molecule has 2 fully saturated rings. The van der Waals surface area contributed by atoms with Crippen LogP contribution >= 0.6 is 23.1 Å². The van der Waals surface area contributed by atoms with Gasteiger partial charge in [-0.15, -0.1) is 11.3 Å². The Hall–Kier alpha value is -0.960. The highest BCUT2D eigenvalue weighted by Gasteiger charge is 2.39. The average Bonchev–Trinajstić information content (AvgIpc) is 3.12. The summed E-state index contributed by atoms with van der Waals surface area (Å²) in [5.74, 6) is 0.922. The summed E-state index contributed by atoms with van der Waals surface area (Å²) in [7, 11) is 0. The summed E-state index contributed by atoms with van der Waals surface area (Å²) in [4.78, 5) is 16.1. The van der Waals surface area contributed by atoms with Crippen LogP contribution in [0, 0.1) is 0 Å². The Morgan fingerprint density at radius 3 is 2.80 bits per heavy atom. The Balaban J connectivity index is 1.55. The lowest BCUT2D eigenvalue weighted by atomic mass is 9.86. The van der Waals surface area contributed by atoms with E-state index in [-0.39, 0.29) is 5.54 Å². The van der Waals surface area contributed by atoms with Crippen LogP contribution in [0.1, 0.15) is 32.1 Å². The molecule has 4 rings (SSSR count). The summed E-state index contributed by atoms with van der Waals surface area (Å²) in [6.45, 7) is 5.04. The maximum atomic E-state index is 5.66. The van der Waals surface area contributed by atoms with Crippen molar-refractivity contribution in [2.45, 2.75) is 42.0 Å². The summed E-state index contributed by atoms with van der Waals surface area (Å²) in [6, 6.07) is 0. The minimum atomic E-state index is 0.183. The zero-order chi connectivity index (χ0) is 17.1. The third kappa shape index (κ3) is 3.63. The third-order valence-corrected chi connectivity index (χ3v) is 7.42. The van der Waals surface area contributed by atoms with Gasteiger partial charge in [-0.25, -0.2) is 15.0 Å². The van der Waals surface area contributed by atoms with Gasteiger partial charge < -0.3 is 10.1 Å². The van der Waals surface area contributed by atoms with E-state index in [1.807, 2.05) is 6.26 Å². The van der Waals surface area contributed by atoms with Crippen LogP contribution in [0.25, 0.3) is 10.3 Å². The maximum absolute atomic E-state index is 5.66. The number of rotatable bonds is 5. The predicted octanol–water partition coefficient (Wildman–Crippen LogP) is 3.26. The number of nitrogens with zero attached hydrogens (tertiary/aromatic N) is 4. The molecular weight excluding hydrogens is 354 g/mol. The first-order valence-corrected chi connectivity index (χ1v) is 11.1. The van der Waals surface area contributed by atoms with Crippen molar-refractivity contribution in [2.75, 3.05) is 44.4 Å². The number of hydrogen-bond acceptors (Lipinski definition) is 8. The first kappa shape index (κ1) is 17.5. The van der Waals surface area contributed by atoms with E-state index >= 15 is 0 Å². The van der Waals surface area contributed by atoms with Crippen molar-refractivity contribution in [1.82, 2.24) is 19.9 Å². The van der Waals surface area contributed by atoms with E-state index in [1.165, 1.54) is 32.4 Å². The average molecular weight is 380 g/mol. The van der Waals surface area contributed by atoms with Gasteiger partial charge >= 0.3 is 0 Å².